The molecule has 0 saturated heterocycles. The van der Waals surface area contributed by atoms with Crippen LogP contribution in [0.15, 0.2) is 121 Å². The van der Waals surface area contributed by atoms with Crippen LogP contribution in [0.1, 0.15) is 22.3 Å². The highest BCUT2D eigenvalue weighted by Gasteiger charge is 2.46. The first kappa shape index (κ1) is 25.3. The summed E-state index contributed by atoms with van der Waals surface area (Å²) in [6.07, 6.45) is 0. The maximum Gasteiger partial charge on any atom is 0.127 e. The molecule has 0 heterocycles. The van der Waals surface area contributed by atoms with E-state index in [-0.39, 0.29) is 26.4 Å². The van der Waals surface area contributed by atoms with Gasteiger partial charge in [-0.2, -0.15) is 0 Å². The number of aliphatic hydroxyl groups excluding tert-OH is 2. The zero-order valence-electron chi connectivity index (χ0n) is 22.6. The molecule has 0 radical (unpaired) electrons. The topological polar surface area (TPSA) is 58.9 Å². The number of hydrogen-bond donors (Lipinski definition) is 2. The van der Waals surface area contributed by atoms with Crippen LogP contribution < -0.4 is 9.47 Å². The van der Waals surface area contributed by atoms with Crippen molar-refractivity contribution < 1.29 is 19.7 Å². The van der Waals surface area contributed by atoms with E-state index in [2.05, 4.69) is 97.1 Å². The summed E-state index contributed by atoms with van der Waals surface area (Å²) in [5.74, 6) is 1.48. The average Bonchev–Trinajstić information content (AvgIpc) is 3.33. The molecule has 1 aliphatic rings. The van der Waals surface area contributed by atoms with Gasteiger partial charge in [0.1, 0.15) is 24.7 Å². The molecule has 0 fully saturated rings. The summed E-state index contributed by atoms with van der Waals surface area (Å²) in [5.41, 5.74) is 6.24. The molecule has 0 atom stereocenters. The highest BCUT2D eigenvalue weighted by Crippen LogP contribution is 2.57. The summed E-state index contributed by atoms with van der Waals surface area (Å²) in [7, 11) is 0. The summed E-state index contributed by atoms with van der Waals surface area (Å²) in [4.78, 5) is 0. The first-order chi connectivity index (χ1) is 20.3. The van der Waals surface area contributed by atoms with Crippen molar-refractivity contribution >= 4 is 21.5 Å². The Morgan fingerprint density at radius 2 is 0.902 bits per heavy atom. The Kier molecular flexibility index (Phi) is 6.43. The Labute approximate surface area is 239 Å². The Bertz CT molecular complexity index is 1750. The van der Waals surface area contributed by atoms with Crippen molar-refractivity contribution in [2.75, 3.05) is 26.4 Å². The highest BCUT2D eigenvalue weighted by atomic mass is 16.5. The molecule has 4 nitrogen and oxygen atoms in total. The first-order valence-corrected chi connectivity index (χ1v) is 14.0. The number of fused-ring (bicyclic) bond motifs is 5. The van der Waals surface area contributed by atoms with Gasteiger partial charge in [-0.25, -0.2) is 0 Å². The largest absolute Gasteiger partial charge is 0.491 e. The van der Waals surface area contributed by atoms with Gasteiger partial charge >= 0.3 is 0 Å². The predicted molar refractivity (Wildman–Crippen MR) is 164 cm³/mol. The summed E-state index contributed by atoms with van der Waals surface area (Å²) in [6.45, 7) is 0.294. The fourth-order valence-corrected chi connectivity index (χ4v) is 6.56. The van der Waals surface area contributed by atoms with E-state index in [0.29, 0.717) is 0 Å². The van der Waals surface area contributed by atoms with Gasteiger partial charge in [0.05, 0.1) is 18.6 Å². The van der Waals surface area contributed by atoms with E-state index in [1.807, 2.05) is 24.3 Å². The second-order valence-electron chi connectivity index (χ2n) is 10.4. The van der Waals surface area contributed by atoms with E-state index in [4.69, 9.17) is 9.47 Å². The van der Waals surface area contributed by atoms with Crippen LogP contribution in [-0.2, 0) is 5.41 Å². The van der Waals surface area contributed by atoms with Crippen molar-refractivity contribution in [3.8, 4) is 22.6 Å². The maximum absolute atomic E-state index is 9.61. The van der Waals surface area contributed by atoms with Crippen LogP contribution in [0, 0.1) is 0 Å². The van der Waals surface area contributed by atoms with Crippen LogP contribution in [0.5, 0.6) is 11.5 Å². The fraction of sp³-hybridized carbons (Fsp3) is 0.135. The van der Waals surface area contributed by atoms with Crippen molar-refractivity contribution in [1.82, 2.24) is 0 Å². The Morgan fingerprint density at radius 1 is 0.488 bits per heavy atom. The van der Waals surface area contributed by atoms with Gasteiger partial charge in [0.2, 0.25) is 0 Å². The van der Waals surface area contributed by atoms with Crippen molar-refractivity contribution in [2.45, 2.75) is 5.41 Å². The number of ether oxygens (including phenoxy) is 2. The molecule has 7 rings (SSSR count). The molecule has 0 aromatic heterocycles. The van der Waals surface area contributed by atoms with Gasteiger partial charge in [-0.1, -0.05) is 97.1 Å². The lowest BCUT2D eigenvalue weighted by Gasteiger charge is -2.35. The molecule has 0 saturated carbocycles. The molecule has 1 aliphatic carbocycles. The standard InChI is InChI=1S/C37H30O4/c38-17-19-40-35-23-27(21-25-9-1-3-11-29(25)35)37(33-15-7-5-13-31(33)32-14-6-8-16-34(32)37)28-22-26-10-2-4-12-30(26)36(24-28)41-20-18-39/h1-16,21-24,38-39H,17-20H2. The zero-order chi connectivity index (χ0) is 27.8. The normalized spacial score (nSPS) is 13.2. The van der Waals surface area contributed by atoms with Gasteiger partial charge in [0.15, 0.2) is 0 Å². The molecule has 41 heavy (non-hydrogen) atoms. The third-order valence-electron chi connectivity index (χ3n) is 8.16. The minimum Gasteiger partial charge on any atom is -0.491 e. The van der Waals surface area contributed by atoms with Crippen LogP contribution >= 0.6 is 0 Å². The lowest BCUT2D eigenvalue weighted by atomic mass is 9.67. The van der Waals surface area contributed by atoms with E-state index in [1.54, 1.807) is 0 Å². The zero-order valence-corrected chi connectivity index (χ0v) is 22.6. The van der Waals surface area contributed by atoms with E-state index < -0.39 is 5.41 Å². The van der Waals surface area contributed by atoms with Crippen LogP contribution in [0.25, 0.3) is 32.7 Å². The van der Waals surface area contributed by atoms with Crippen LogP contribution in [0.4, 0.5) is 0 Å². The number of aliphatic hydroxyl groups is 2. The van der Waals surface area contributed by atoms with Crippen LogP contribution in [0.2, 0.25) is 0 Å². The summed E-state index contributed by atoms with van der Waals surface area (Å²) >= 11 is 0. The van der Waals surface area contributed by atoms with Gasteiger partial charge in [-0.3, -0.25) is 0 Å². The van der Waals surface area contributed by atoms with Crippen LogP contribution in [0.3, 0.4) is 0 Å². The maximum atomic E-state index is 9.61. The second-order valence-corrected chi connectivity index (χ2v) is 10.4. The molecular formula is C37H30O4. The molecule has 4 heteroatoms. The molecule has 0 spiro atoms. The van der Waals surface area contributed by atoms with E-state index in [9.17, 15) is 10.2 Å². The van der Waals surface area contributed by atoms with Gasteiger partial charge in [-0.05, 0) is 68.4 Å². The summed E-state index contributed by atoms with van der Waals surface area (Å²) in [6, 6.07) is 42.5. The molecule has 0 unspecified atom stereocenters. The smallest absolute Gasteiger partial charge is 0.127 e. The summed E-state index contributed by atoms with van der Waals surface area (Å²) in [5, 5.41) is 23.4. The monoisotopic (exact) mass is 538 g/mol. The number of hydrogen-bond acceptors (Lipinski definition) is 4. The lowest BCUT2D eigenvalue weighted by Crippen LogP contribution is -2.29. The highest BCUT2D eigenvalue weighted by molar-refractivity contribution is 5.95. The molecule has 0 bridgehead atoms. The molecule has 2 N–H and O–H groups in total. The predicted octanol–water partition coefficient (Wildman–Crippen LogP) is 7.10. The molecular weight excluding hydrogens is 508 g/mol. The van der Waals surface area contributed by atoms with Crippen LogP contribution in [-0.4, -0.2) is 36.6 Å². The van der Waals surface area contributed by atoms with E-state index in [1.165, 1.54) is 22.3 Å². The quantitative estimate of drug-likeness (QED) is 0.217. The third kappa shape index (κ3) is 3.99. The summed E-state index contributed by atoms with van der Waals surface area (Å²) < 4.78 is 12.3. The van der Waals surface area contributed by atoms with Gasteiger partial charge < -0.3 is 19.7 Å². The van der Waals surface area contributed by atoms with E-state index >= 15 is 0 Å². The minimum absolute atomic E-state index is 0.0639. The Morgan fingerprint density at radius 3 is 1.37 bits per heavy atom. The van der Waals surface area contributed by atoms with Crippen molar-refractivity contribution in [3.63, 3.8) is 0 Å². The molecule has 6 aromatic rings. The van der Waals surface area contributed by atoms with Gasteiger partial charge in [0, 0.05) is 10.8 Å². The van der Waals surface area contributed by atoms with Crippen molar-refractivity contribution in [1.29, 1.82) is 0 Å². The fourth-order valence-electron chi connectivity index (χ4n) is 6.56. The van der Waals surface area contributed by atoms with Crippen molar-refractivity contribution in [2.24, 2.45) is 0 Å². The first-order valence-electron chi connectivity index (χ1n) is 14.0. The van der Waals surface area contributed by atoms with E-state index in [0.717, 1.165) is 44.2 Å². The Balaban J connectivity index is 1.62. The van der Waals surface area contributed by atoms with Gasteiger partial charge in [-0.15, -0.1) is 0 Å². The SMILES string of the molecule is OCCOc1cc(C2(c3cc(OCCO)c4ccccc4c3)c3ccccc3-c3ccccc32)cc2ccccc12. The molecule has 202 valence electrons. The van der Waals surface area contributed by atoms with Gasteiger partial charge in [0.25, 0.3) is 0 Å². The molecule has 0 amide bonds. The number of rotatable bonds is 8. The lowest BCUT2D eigenvalue weighted by molar-refractivity contribution is 0.202. The molecule has 6 aromatic carbocycles. The minimum atomic E-state index is -0.671. The Hall–Kier alpha value is -4.64. The third-order valence-corrected chi connectivity index (χ3v) is 8.16. The molecule has 0 aliphatic heterocycles. The van der Waals surface area contributed by atoms with Crippen molar-refractivity contribution in [3.05, 3.63) is 144 Å². The average molecular weight is 539 g/mol. The number of benzene rings is 6. The second kappa shape index (κ2) is 10.4.